The van der Waals surface area contributed by atoms with Gasteiger partial charge in [-0.25, -0.2) is 0 Å². The first-order chi connectivity index (χ1) is 9.48. The Hall–Kier alpha value is -0.930. The van der Waals surface area contributed by atoms with Crippen LogP contribution in [0.5, 0.6) is 0 Å². The van der Waals surface area contributed by atoms with Gasteiger partial charge in [-0.15, -0.1) is 5.10 Å². The predicted molar refractivity (Wildman–Crippen MR) is 71.8 cm³/mol. The molecule has 2 rings (SSSR count). The van der Waals surface area contributed by atoms with Crippen molar-refractivity contribution in [2.24, 2.45) is 0 Å². The molecule has 0 saturated carbocycles. The van der Waals surface area contributed by atoms with Crippen molar-refractivity contribution in [2.75, 3.05) is 44.6 Å². The van der Waals surface area contributed by atoms with E-state index in [-0.39, 0.29) is 0 Å². The van der Waals surface area contributed by atoms with Crippen molar-refractivity contribution in [2.45, 2.75) is 19.6 Å². The molecule has 0 spiro atoms. The van der Waals surface area contributed by atoms with Crippen LogP contribution in [0.1, 0.15) is 12.6 Å². The van der Waals surface area contributed by atoms with Gasteiger partial charge in [-0.3, -0.25) is 9.80 Å². The monoisotopic (exact) mass is 309 g/mol. The first kappa shape index (κ1) is 15.5. The summed E-state index contributed by atoms with van der Waals surface area (Å²) in [5.41, 5.74) is 0.876. The third kappa shape index (κ3) is 4.57. The zero-order valence-corrected chi connectivity index (χ0v) is 12.1. The number of anilines is 1. The van der Waals surface area contributed by atoms with E-state index in [4.69, 9.17) is 0 Å². The van der Waals surface area contributed by atoms with Gasteiger partial charge in [-0.2, -0.15) is 13.2 Å². The van der Waals surface area contributed by atoms with Gasteiger partial charge < -0.3 is 5.32 Å². The van der Waals surface area contributed by atoms with Crippen molar-refractivity contribution in [1.82, 2.24) is 19.4 Å². The Morgan fingerprint density at radius 1 is 1.20 bits per heavy atom. The number of alkyl halides is 3. The molecule has 1 aromatic rings. The highest BCUT2D eigenvalue weighted by Gasteiger charge is 2.32. The van der Waals surface area contributed by atoms with E-state index in [1.54, 1.807) is 0 Å². The van der Waals surface area contributed by atoms with Gasteiger partial charge in [0.05, 0.1) is 6.54 Å². The molecule has 0 aromatic carbocycles. The fourth-order valence-electron chi connectivity index (χ4n) is 2.18. The quantitative estimate of drug-likeness (QED) is 0.896. The Kier molecular flexibility index (Phi) is 5.17. The van der Waals surface area contributed by atoms with Gasteiger partial charge in [0.15, 0.2) is 0 Å². The molecule has 114 valence electrons. The number of rotatable bonds is 5. The lowest BCUT2D eigenvalue weighted by molar-refractivity contribution is -0.149. The second kappa shape index (κ2) is 6.68. The average Bonchev–Trinajstić information content (AvgIpc) is 2.78. The van der Waals surface area contributed by atoms with E-state index in [1.165, 1.54) is 16.4 Å². The Balaban J connectivity index is 1.81. The van der Waals surface area contributed by atoms with Gasteiger partial charge in [0, 0.05) is 50.8 Å². The van der Waals surface area contributed by atoms with Gasteiger partial charge in [0.25, 0.3) is 0 Å². The Bertz CT molecular complexity index is 414. The molecule has 0 unspecified atom stereocenters. The smallest absolute Gasteiger partial charge is 0.374 e. The van der Waals surface area contributed by atoms with Crippen molar-refractivity contribution >= 4 is 16.5 Å². The van der Waals surface area contributed by atoms with Crippen LogP contribution in [0.25, 0.3) is 0 Å². The highest BCUT2D eigenvalue weighted by Crippen LogP contribution is 2.21. The second-order valence-corrected chi connectivity index (χ2v) is 5.50. The number of hydrogen-bond donors (Lipinski definition) is 1. The molecule has 1 saturated heterocycles. The van der Waals surface area contributed by atoms with E-state index in [0.29, 0.717) is 32.7 Å². The molecule has 0 atom stereocenters. The molecule has 1 aromatic heterocycles. The topological polar surface area (TPSA) is 44.3 Å². The minimum atomic E-state index is -4.11. The fraction of sp³-hybridized carbons (Fsp3) is 0.818. The first-order valence-electron chi connectivity index (χ1n) is 6.54. The summed E-state index contributed by atoms with van der Waals surface area (Å²) in [6.45, 7) is 4.75. The number of halogens is 3. The lowest BCUT2D eigenvalue weighted by atomic mass is 10.3. The van der Waals surface area contributed by atoms with Crippen LogP contribution in [0.4, 0.5) is 18.2 Å². The van der Waals surface area contributed by atoms with Crippen LogP contribution in [0.2, 0.25) is 0 Å². The second-order valence-electron chi connectivity index (χ2n) is 4.75. The number of nitrogens with one attached hydrogen (secondary N) is 1. The van der Waals surface area contributed by atoms with Gasteiger partial charge in [-0.05, 0) is 6.92 Å². The molecule has 5 nitrogen and oxygen atoms in total. The fourth-order valence-corrected chi connectivity index (χ4v) is 2.82. The average molecular weight is 309 g/mol. The van der Waals surface area contributed by atoms with E-state index in [0.717, 1.165) is 17.2 Å². The van der Waals surface area contributed by atoms with Gasteiger partial charge in [0.2, 0.25) is 0 Å². The van der Waals surface area contributed by atoms with E-state index >= 15 is 0 Å². The molecule has 1 aliphatic rings. The summed E-state index contributed by atoms with van der Waals surface area (Å²) in [5, 5.41) is 8.22. The van der Waals surface area contributed by atoms with E-state index in [9.17, 15) is 13.2 Å². The van der Waals surface area contributed by atoms with E-state index < -0.39 is 12.7 Å². The molecule has 0 bridgehead atoms. The molecule has 0 aliphatic carbocycles. The number of hydrogen-bond acceptors (Lipinski definition) is 6. The SMILES string of the molecule is CCNc1snnc1CN1CCN(CC(F)(F)F)CC1. The van der Waals surface area contributed by atoms with Crippen LogP contribution < -0.4 is 5.32 Å². The van der Waals surface area contributed by atoms with E-state index in [1.807, 2.05) is 6.92 Å². The summed E-state index contributed by atoms with van der Waals surface area (Å²) in [7, 11) is 0. The van der Waals surface area contributed by atoms with Gasteiger partial charge in [-0.1, -0.05) is 4.49 Å². The molecule has 1 fully saturated rings. The third-order valence-corrected chi connectivity index (χ3v) is 3.86. The molecule has 20 heavy (non-hydrogen) atoms. The summed E-state index contributed by atoms with van der Waals surface area (Å²) in [6, 6.07) is 0. The van der Waals surface area contributed by atoms with Crippen LogP contribution in [-0.2, 0) is 6.54 Å². The zero-order valence-electron chi connectivity index (χ0n) is 11.3. The third-order valence-electron chi connectivity index (χ3n) is 3.13. The predicted octanol–water partition coefficient (Wildman–Crippen LogP) is 1.65. The highest BCUT2D eigenvalue weighted by atomic mass is 32.1. The molecular weight excluding hydrogens is 291 g/mol. The Morgan fingerprint density at radius 3 is 2.45 bits per heavy atom. The maximum atomic E-state index is 12.3. The summed E-state index contributed by atoms with van der Waals surface area (Å²) >= 11 is 1.31. The number of aromatic nitrogens is 2. The van der Waals surface area contributed by atoms with Crippen molar-refractivity contribution in [3.05, 3.63) is 5.69 Å². The Morgan fingerprint density at radius 2 is 1.85 bits per heavy atom. The number of piperazine rings is 1. The summed E-state index contributed by atoms with van der Waals surface area (Å²) < 4.78 is 40.8. The number of nitrogens with zero attached hydrogens (tertiary/aromatic N) is 4. The van der Waals surface area contributed by atoms with Crippen molar-refractivity contribution in [3.63, 3.8) is 0 Å². The summed E-state index contributed by atoms with van der Waals surface area (Å²) in [4.78, 5) is 3.56. The van der Waals surface area contributed by atoms with Crippen molar-refractivity contribution in [1.29, 1.82) is 0 Å². The van der Waals surface area contributed by atoms with E-state index in [2.05, 4.69) is 19.8 Å². The van der Waals surface area contributed by atoms with Crippen molar-refractivity contribution < 1.29 is 13.2 Å². The van der Waals surface area contributed by atoms with Crippen LogP contribution in [0.15, 0.2) is 0 Å². The largest absolute Gasteiger partial charge is 0.401 e. The lowest BCUT2D eigenvalue weighted by Crippen LogP contribution is -2.48. The van der Waals surface area contributed by atoms with Crippen LogP contribution in [-0.4, -0.2) is 64.8 Å². The first-order valence-corrected chi connectivity index (χ1v) is 7.32. The molecule has 9 heteroatoms. The maximum Gasteiger partial charge on any atom is 0.401 e. The standard InChI is InChI=1S/C11H18F3N5S/c1-2-15-10-9(16-17-20-10)7-18-3-5-19(6-4-18)8-11(12,13)14/h15H,2-8H2,1H3. The maximum absolute atomic E-state index is 12.3. The molecule has 0 radical (unpaired) electrons. The van der Waals surface area contributed by atoms with Crippen LogP contribution >= 0.6 is 11.5 Å². The Labute approximate surface area is 119 Å². The van der Waals surface area contributed by atoms with Crippen LogP contribution in [0.3, 0.4) is 0 Å². The van der Waals surface area contributed by atoms with Crippen LogP contribution in [0, 0.1) is 0 Å². The molecule has 1 aliphatic heterocycles. The lowest BCUT2D eigenvalue weighted by Gasteiger charge is -2.34. The van der Waals surface area contributed by atoms with Gasteiger partial charge >= 0.3 is 6.18 Å². The molecule has 2 heterocycles. The highest BCUT2D eigenvalue weighted by molar-refractivity contribution is 7.10. The zero-order chi connectivity index (χ0) is 14.6. The minimum Gasteiger partial charge on any atom is -0.374 e. The van der Waals surface area contributed by atoms with Crippen molar-refractivity contribution in [3.8, 4) is 0 Å². The summed E-state index contributed by atoms with van der Waals surface area (Å²) in [6.07, 6.45) is -4.11. The molecular formula is C11H18F3N5S. The normalized spacial score (nSPS) is 18.4. The molecule has 1 N–H and O–H groups in total. The summed E-state index contributed by atoms with van der Waals surface area (Å²) in [5.74, 6) is 0. The molecule has 0 amide bonds. The minimum absolute atomic E-state index is 0.438. The van der Waals surface area contributed by atoms with Gasteiger partial charge in [0.1, 0.15) is 10.7 Å².